The third-order valence-electron chi connectivity index (χ3n) is 1.22. The smallest absolute Gasteiger partial charge is 0.309 e. The van der Waals surface area contributed by atoms with E-state index in [0.29, 0.717) is 0 Å². The van der Waals surface area contributed by atoms with E-state index in [0.717, 1.165) is 12.3 Å². The molecule has 5 heteroatoms. The van der Waals surface area contributed by atoms with Crippen LogP contribution in [0, 0.1) is 5.82 Å². The van der Waals surface area contributed by atoms with Crippen molar-refractivity contribution in [3.63, 3.8) is 0 Å². The van der Waals surface area contributed by atoms with Crippen molar-refractivity contribution >= 4 is 5.97 Å². The second-order valence-corrected chi connectivity index (χ2v) is 2.19. The highest BCUT2D eigenvalue weighted by Crippen LogP contribution is 2.11. The molecule has 0 radical (unpaired) electrons. The van der Waals surface area contributed by atoms with Gasteiger partial charge in [0.05, 0.1) is 18.3 Å². The standard InChI is InChI=1S/C7H6FNO3/c8-5-1-4(10)3-9-6(5)2-7(11)12/h1,3,10H,2H2,(H,11,12). The Hall–Kier alpha value is -1.65. The summed E-state index contributed by atoms with van der Waals surface area (Å²) in [4.78, 5) is 13.5. The van der Waals surface area contributed by atoms with Crippen molar-refractivity contribution in [3.05, 3.63) is 23.8 Å². The minimum atomic E-state index is -1.16. The molecular formula is C7H6FNO3. The van der Waals surface area contributed by atoms with Crippen LogP contribution in [-0.2, 0) is 11.2 Å². The largest absolute Gasteiger partial charge is 0.506 e. The van der Waals surface area contributed by atoms with Crippen LogP contribution in [0.3, 0.4) is 0 Å². The first-order chi connectivity index (χ1) is 5.59. The number of hydrogen-bond donors (Lipinski definition) is 2. The molecule has 0 unspecified atom stereocenters. The molecule has 0 fully saturated rings. The van der Waals surface area contributed by atoms with E-state index < -0.39 is 18.2 Å². The first kappa shape index (κ1) is 8.45. The SMILES string of the molecule is O=C(O)Cc1ncc(O)cc1F. The fourth-order valence-corrected chi connectivity index (χ4v) is 0.729. The number of aliphatic carboxylic acids is 1. The lowest BCUT2D eigenvalue weighted by Gasteiger charge is -1.98. The number of carboxylic acid groups (broad SMARTS) is 1. The highest BCUT2D eigenvalue weighted by atomic mass is 19.1. The number of rotatable bonds is 2. The Kier molecular flexibility index (Phi) is 2.23. The third kappa shape index (κ3) is 1.91. The minimum Gasteiger partial charge on any atom is -0.506 e. The lowest BCUT2D eigenvalue weighted by molar-refractivity contribution is -0.136. The predicted molar refractivity (Wildman–Crippen MR) is 37.2 cm³/mol. The van der Waals surface area contributed by atoms with Gasteiger partial charge in [0.25, 0.3) is 0 Å². The van der Waals surface area contributed by atoms with Gasteiger partial charge >= 0.3 is 5.97 Å². The van der Waals surface area contributed by atoms with Crippen molar-refractivity contribution in [2.45, 2.75) is 6.42 Å². The van der Waals surface area contributed by atoms with Crippen molar-refractivity contribution in [2.75, 3.05) is 0 Å². The maximum atomic E-state index is 12.7. The van der Waals surface area contributed by atoms with Crippen LogP contribution < -0.4 is 0 Å². The van der Waals surface area contributed by atoms with Crippen molar-refractivity contribution in [1.29, 1.82) is 0 Å². The van der Waals surface area contributed by atoms with Gasteiger partial charge in [-0.15, -0.1) is 0 Å². The van der Waals surface area contributed by atoms with Gasteiger partial charge in [0.2, 0.25) is 0 Å². The summed E-state index contributed by atoms with van der Waals surface area (Å²) in [5.41, 5.74) is -0.180. The molecule has 0 aliphatic rings. The van der Waals surface area contributed by atoms with E-state index in [-0.39, 0.29) is 11.4 Å². The molecule has 0 spiro atoms. The molecule has 0 saturated carbocycles. The number of aromatic hydroxyl groups is 1. The van der Waals surface area contributed by atoms with E-state index >= 15 is 0 Å². The number of hydrogen-bond acceptors (Lipinski definition) is 3. The Morgan fingerprint density at radius 2 is 2.33 bits per heavy atom. The maximum absolute atomic E-state index is 12.7. The summed E-state index contributed by atoms with van der Waals surface area (Å²) in [5, 5.41) is 17.0. The van der Waals surface area contributed by atoms with Gasteiger partial charge in [-0.2, -0.15) is 0 Å². The molecule has 0 bridgehead atoms. The zero-order chi connectivity index (χ0) is 9.14. The summed E-state index contributed by atoms with van der Waals surface area (Å²) in [7, 11) is 0. The van der Waals surface area contributed by atoms with Crippen LogP contribution in [0.2, 0.25) is 0 Å². The van der Waals surface area contributed by atoms with Crippen LogP contribution in [0.4, 0.5) is 4.39 Å². The monoisotopic (exact) mass is 171 g/mol. The molecule has 0 amide bonds. The fourth-order valence-electron chi connectivity index (χ4n) is 0.729. The number of nitrogens with zero attached hydrogens (tertiary/aromatic N) is 1. The number of aromatic nitrogens is 1. The van der Waals surface area contributed by atoms with Crippen LogP contribution >= 0.6 is 0 Å². The Labute approximate surface area is 67.3 Å². The highest BCUT2D eigenvalue weighted by molar-refractivity contribution is 5.69. The normalized spacial score (nSPS) is 9.75. The average Bonchev–Trinajstić information content (AvgIpc) is 1.94. The predicted octanol–water partition coefficient (Wildman–Crippen LogP) is 0.553. The molecule has 0 aromatic carbocycles. The second kappa shape index (κ2) is 3.17. The second-order valence-electron chi connectivity index (χ2n) is 2.19. The summed E-state index contributed by atoms with van der Waals surface area (Å²) in [6.45, 7) is 0. The zero-order valence-electron chi connectivity index (χ0n) is 5.99. The van der Waals surface area contributed by atoms with Crippen molar-refractivity contribution in [3.8, 4) is 5.75 Å². The van der Waals surface area contributed by atoms with E-state index in [1.165, 1.54) is 0 Å². The molecule has 0 aliphatic carbocycles. The molecule has 1 aromatic rings. The van der Waals surface area contributed by atoms with Crippen molar-refractivity contribution in [2.24, 2.45) is 0 Å². The van der Waals surface area contributed by atoms with Gasteiger partial charge in [-0.1, -0.05) is 0 Å². The lowest BCUT2D eigenvalue weighted by Crippen LogP contribution is -2.04. The highest BCUT2D eigenvalue weighted by Gasteiger charge is 2.08. The van der Waals surface area contributed by atoms with Crippen LogP contribution in [0.5, 0.6) is 5.75 Å². The van der Waals surface area contributed by atoms with E-state index in [1.807, 2.05) is 0 Å². The molecule has 1 rings (SSSR count). The van der Waals surface area contributed by atoms with Gasteiger partial charge in [-0.25, -0.2) is 4.39 Å². The molecule has 2 N–H and O–H groups in total. The van der Waals surface area contributed by atoms with Gasteiger partial charge in [0.1, 0.15) is 11.6 Å². The summed E-state index contributed by atoms with van der Waals surface area (Å²) < 4.78 is 12.7. The van der Waals surface area contributed by atoms with Crippen molar-refractivity contribution < 1.29 is 19.4 Å². The Morgan fingerprint density at radius 3 is 2.83 bits per heavy atom. The van der Waals surface area contributed by atoms with E-state index in [9.17, 15) is 9.18 Å². The topological polar surface area (TPSA) is 70.4 Å². The Morgan fingerprint density at radius 1 is 1.67 bits per heavy atom. The molecule has 64 valence electrons. The van der Waals surface area contributed by atoms with Crippen LogP contribution in [0.25, 0.3) is 0 Å². The maximum Gasteiger partial charge on any atom is 0.309 e. The van der Waals surface area contributed by atoms with Crippen LogP contribution in [0.15, 0.2) is 12.3 Å². The molecule has 1 heterocycles. The van der Waals surface area contributed by atoms with Crippen molar-refractivity contribution in [1.82, 2.24) is 4.98 Å². The third-order valence-corrected chi connectivity index (χ3v) is 1.22. The summed E-state index contributed by atoms with van der Waals surface area (Å²) in [6.07, 6.45) is 0.521. The summed E-state index contributed by atoms with van der Waals surface area (Å²) in [5.74, 6) is -2.29. The van der Waals surface area contributed by atoms with Gasteiger partial charge in [-0.05, 0) is 0 Å². The van der Waals surface area contributed by atoms with Gasteiger partial charge in [-0.3, -0.25) is 9.78 Å². The van der Waals surface area contributed by atoms with Crippen LogP contribution in [0.1, 0.15) is 5.69 Å². The van der Waals surface area contributed by atoms with E-state index in [4.69, 9.17) is 10.2 Å². The molecule has 4 nitrogen and oxygen atoms in total. The van der Waals surface area contributed by atoms with Gasteiger partial charge in [0.15, 0.2) is 0 Å². The summed E-state index contributed by atoms with van der Waals surface area (Å²) >= 11 is 0. The number of halogens is 1. The first-order valence-electron chi connectivity index (χ1n) is 3.15. The lowest BCUT2D eigenvalue weighted by atomic mass is 10.2. The van der Waals surface area contributed by atoms with Gasteiger partial charge in [0, 0.05) is 6.07 Å². The Balaban J connectivity index is 2.93. The average molecular weight is 171 g/mol. The molecular weight excluding hydrogens is 165 g/mol. The molecule has 1 aromatic heterocycles. The number of pyridine rings is 1. The molecule has 0 atom stereocenters. The number of carboxylic acids is 1. The van der Waals surface area contributed by atoms with Crippen LogP contribution in [-0.4, -0.2) is 21.2 Å². The van der Waals surface area contributed by atoms with E-state index in [1.54, 1.807) is 0 Å². The summed E-state index contributed by atoms with van der Waals surface area (Å²) in [6, 6.07) is 0.825. The molecule has 0 aliphatic heterocycles. The zero-order valence-corrected chi connectivity index (χ0v) is 5.99. The van der Waals surface area contributed by atoms with Gasteiger partial charge < -0.3 is 10.2 Å². The van der Waals surface area contributed by atoms with E-state index in [2.05, 4.69) is 4.98 Å². The first-order valence-corrected chi connectivity index (χ1v) is 3.15. The fraction of sp³-hybridized carbons (Fsp3) is 0.143. The molecule has 12 heavy (non-hydrogen) atoms. The quantitative estimate of drug-likeness (QED) is 0.681. The minimum absolute atomic E-state index is 0.180. The number of carbonyl (C=O) groups is 1. The molecule has 0 saturated heterocycles. The Bertz CT molecular complexity index is 314.